The molecule has 18 heavy (non-hydrogen) atoms. The number of hydrogen-bond acceptors (Lipinski definition) is 2. The van der Waals surface area contributed by atoms with E-state index < -0.39 is 0 Å². The fourth-order valence-electron chi connectivity index (χ4n) is 2.35. The van der Waals surface area contributed by atoms with Gasteiger partial charge < -0.3 is 5.32 Å². The monoisotopic (exact) mass is 243 g/mol. The van der Waals surface area contributed by atoms with Gasteiger partial charge in [-0.25, -0.2) is 0 Å². The Morgan fingerprint density at radius 2 is 1.89 bits per heavy atom. The van der Waals surface area contributed by atoms with Crippen molar-refractivity contribution in [1.29, 1.82) is 0 Å². The molecular weight excluding hydrogens is 222 g/mol. The molecule has 2 rings (SSSR count). The first-order valence-electron chi connectivity index (χ1n) is 6.44. The Morgan fingerprint density at radius 1 is 1.17 bits per heavy atom. The Morgan fingerprint density at radius 3 is 2.50 bits per heavy atom. The first-order chi connectivity index (χ1) is 8.66. The minimum atomic E-state index is 0.316. The molecule has 0 aliphatic rings. The zero-order chi connectivity index (χ0) is 13.0. The normalized spacial score (nSPS) is 14.4. The molecule has 3 heteroatoms. The fourth-order valence-corrected chi connectivity index (χ4v) is 2.35. The highest BCUT2D eigenvalue weighted by molar-refractivity contribution is 5.16. The minimum Gasteiger partial charge on any atom is -0.306 e. The van der Waals surface area contributed by atoms with Gasteiger partial charge in [-0.1, -0.05) is 30.3 Å². The Labute approximate surface area is 109 Å². The zero-order valence-corrected chi connectivity index (χ0v) is 11.3. The smallest absolute Gasteiger partial charge is 0.0547 e. The largest absolute Gasteiger partial charge is 0.306 e. The van der Waals surface area contributed by atoms with E-state index in [2.05, 4.69) is 60.7 Å². The molecule has 2 unspecified atom stereocenters. The molecule has 0 aliphatic carbocycles. The zero-order valence-electron chi connectivity index (χ0n) is 11.3. The van der Waals surface area contributed by atoms with Gasteiger partial charge in [-0.3, -0.25) is 4.68 Å². The van der Waals surface area contributed by atoms with Crippen molar-refractivity contribution < 1.29 is 0 Å². The Balaban J connectivity index is 1.92. The summed E-state index contributed by atoms with van der Waals surface area (Å²) in [4.78, 5) is 0. The lowest BCUT2D eigenvalue weighted by Gasteiger charge is -2.20. The molecule has 1 N–H and O–H groups in total. The first-order valence-corrected chi connectivity index (χ1v) is 6.44. The second-order valence-corrected chi connectivity index (χ2v) is 4.86. The van der Waals surface area contributed by atoms with Crippen LogP contribution in [0.2, 0.25) is 0 Å². The van der Waals surface area contributed by atoms with Crippen LogP contribution in [0, 0.1) is 0 Å². The van der Waals surface area contributed by atoms with Crippen LogP contribution < -0.4 is 5.32 Å². The summed E-state index contributed by atoms with van der Waals surface area (Å²) in [6.07, 6.45) is 2.89. The number of benzene rings is 1. The molecule has 0 amide bonds. The third kappa shape index (κ3) is 3.20. The molecule has 0 saturated heterocycles. The molecule has 0 spiro atoms. The fraction of sp³-hybridized carbons (Fsp3) is 0.400. The second-order valence-electron chi connectivity index (χ2n) is 4.86. The van der Waals surface area contributed by atoms with Crippen LogP contribution in [0.5, 0.6) is 0 Å². The van der Waals surface area contributed by atoms with Crippen molar-refractivity contribution in [3.63, 3.8) is 0 Å². The third-order valence-corrected chi connectivity index (χ3v) is 3.22. The average Bonchev–Trinajstić information content (AvgIpc) is 2.76. The van der Waals surface area contributed by atoms with E-state index in [0.717, 1.165) is 6.42 Å². The van der Waals surface area contributed by atoms with Gasteiger partial charge in [0.2, 0.25) is 0 Å². The quantitative estimate of drug-likeness (QED) is 0.875. The first kappa shape index (κ1) is 12.8. The van der Waals surface area contributed by atoms with Crippen molar-refractivity contribution in [3.8, 4) is 0 Å². The highest BCUT2D eigenvalue weighted by Crippen LogP contribution is 2.12. The van der Waals surface area contributed by atoms with Gasteiger partial charge in [0.15, 0.2) is 0 Å². The molecular formula is C15H21N3. The second kappa shape index (κ2) is 5.83. The third-order valence-electron chi connectivity index (χ3n) is 3.22. The Kier molecular flexibility index (Phi) is 4.15. The van der Waals surface area contributed by atoms with Crippen LogP contribution in [-0.2, 0) is 13.5 Å². The maximum Gasteiger partial charge on any atom is 0.0547 e. The van der Waals surface area contributed by atoms with Crippen LogP contribution >= 0.6 is 0 Å². The molecule has 1 aromatic heterocycles. The van der Waals surface area contributed by atoms with Gasteiger partial charge in [-0.2, -0.15) is 5.10 Å². The van der Waals surface area contributed by atoms with Crippen LogP contribution in [-0.4, -0.2) is 15.8 Å². The van der Waals surface area contributed by atoms with E-state index in [0.29, 0.717) is 12.1 Å². The summed E-state index contributed by atoms with van der Waals surface area (Å²) >= 11 is 0. The van der Waals surface area contributed by atoms with Crippen molar-refractivity contribution >= 4 is 0 Å². The van der Waals surface area contributed by atoms with Crippen molar-refractivity contribution in [1.82, 2.24) is 15.1 Å². The summed E-state index contributed by atoms with van der Waals surface area (Å²) in [7, 11) is 1.98. The number of rotatable bonds is 5. The van der Waals surface area contributed by atoms with Gasteiger partial charge in [-0.15, -0.1) is 0 Å². The molecule has 3 nitrogen and oxygen atoms in total. The van der Waals surface area contributed by atoms with Gasteiger partial charge in [0.25, 0.3) is 0 Å². The topological polar surface area (TPSA) is 29.9 Å². The molecule has 0 saturated carbocycles. The van der Waals surface area contributed by atoms with Crippen LogP contribution in [0.3, 0.4) is 0 Å². The summed E-state index contributed by atoms with van der Waals surface area (Å²) in [5.41, 5.74) is 2.59. The van der Waals surface area contributed by atoms with Crippen LogP contribution in [0.15, 0.2) is 42.6 Å². The van der Waals surface area contributed by atoms with E-state index >= 15 is 0 Å². The molecule has 0 radical (unpaired) electrons. The highest BCUT2D eigenvalue weighted by atomic mass is 15.3. The van der Waals surface area contributed by atoms with Gasteiger partial charge in [0, 0.05) is 25.3 Å². The van der Waals surface area contributed by atoms with Crippen LogP contribution in [0.1, 0.15) is 31.1 Å². The van der Waals surface area contributed by atoms with Crippen molar-refractivity contribution in [2.75, 3.05) is 0 Å². The standard InChI is InChI=1S/C15H21N3/c1-12(11-14-7-5-4-6-8-14)17-13(2)15-9-10-16-18(15)3/h4-10,12-13,17H,11H2,1-3H3. The lowest BCUT2D eigenvalue weighted by molar-refractivity contribution is 0.456. The highest BCUT2D eigenvalue weighted by Gasteiger charge is 2.12. The van der Waals surface area contributed by atoms with Gasteiger partial charge in [-0.05, 0) is 31.9 Å². The van der Waals surface area contributed by atoms with E-state index in [9.17, 15) is 0 Å². The average molecular weight is 243 g/mol. The maximum atomic E-state index is 4.21. The maximum absolute atomic E-state index is 4.21. The molecule has 2 atom stereocenters. The summed E-state index contributed by atoms with van der Waals surface area (Å²) in [5, 5.41) is 7.82. The molecule has 1 aromatic carbocycles. The summed E-state index contributed by atoms with van der Waals surface area (Å²) in [6, 6.07) is 13.4. The SMILES string of the molecule is CC(Cc1ccccc1)NC(C)c1ccnn1C. The Bertz CT molecular complexity index is 475. The van der Waals surface area contributed by atoms with Gasteiger partial charge >= 0.3 is 0 Å². The molecule has 2 aromatic rings. The van der Waals surface area contributed by atoms with Crippen molar-refractivity contribution in [3.05, 3.63) is 53.9 Å². The molecule has 0 fully saturated rings. The number of aromatic nitrogens is 2. The van der Waals surface area contributed by atoms with E-state index in [1.54, 1.807) is 0 Å². The number of hydrogen-bond donors (Lipinski definition) is 1. The summed E-state index contributed by atoms with van der Waals surface area (Å²) in [5.74, 6) is 0. The van der Waals surface area contributed by atoms with Gasteiger partial charge in [0.05, 0.1) is 5.69 Å². The number of aryl methyl sites for hydroxylation is 1. The lowest BCUT2D eigenvalue weighted by atomic mass is 10.1. The summed E-state index contributed by atoms with van der Waals surface area (Å²) in [6.45, 7) is 4.40. The van der Waals surface area contributed by atoms with E-state index in [-0.39, 0.29) is 0 Å². The molecule has 0 bridgehead atoms. The van der Waals surface area contributed by atoms with E-state index in [1.807, 2.05) is 17.9 Å². The minimum absolute atomic E-state index is 0.316. The summed E-state index contributed by atoms with van der Waals surface area (Å²) < 4.78 is 1.92. The Hall–Kier alpha value is -1.61. The van der Waals surface area contributed by atoms with E-state index in [1.165, 1.54) is 11.3 Å². The van der Waals surface area contributed by atoms with Crippen LogP contribution in [0.25, 0.3) is 0 Å². The lowest BCUT2D eigenvalue weighted by Crippen LogP contribution is -2.31. The number of nitrogens with one attached hydrogen (secondary N) is 1. The van der Waals surface area contributed by atoms with Gasteiger partial charge in [0.1, 0.15) is 0 Å². The van der Waals surface area contributed by atoms with Crippen LogP contribution in [0.4, 0.5) is 0 Å². The number of nitrogens with zero attached hydrogens (tertiary/aromatic N) is 2. The molecule has 0 aliphatic heterocycles. The van der Waals surface area contributed by atoms with E-state index in [4.69, 9.17) is 0 Å². The predicted octanol–water partition coefficient (Wildman–Crippen LogP) is 2.70. The predicted molar refractivity (Wildman–Crippen MR) is 74.4 cm³/mol. The molecule has 96 valence electrons. The van der Waals surface area contributed by atoms with Crippen molar-refractivity contribution in [2.24, 2.45) is 7.05 Å². The van der Waals surface area contributed by atoms with Crippen molar-refractivity contribution in [2.45, 2.75) is 32.4 Å². The molecule has 1 heterocycles.